The Hall–Kier alpha value is -3.79. The Labute approximate surface area is 171 Å². The van der Waals surface area contributed by atoms with Crippen molar-refractivity contribution in [3.63, 3.8) is 0 Å². The fraction of sp³-hybridized carbons (Fsp3) is 0.250. The van der Waals surface area contributed by atoms with Gasteiger partial charge in [0, 0.05) is 37.8 Å². The molecule has 1 saturated heterocycles. The average Bonchev–Trinajstić information content (AvgIpc) is 2.74. The van der Waals surface area contributed by atoms with Gasteiger partial charge in [0.15, 0.2) is 0 Å². The van der Waals surface area contributed by atoms with E-state index in [0.717, 1.165) is 0 Å². The molecule has 2 heterocycles. The standard InChI is InChI=1S/C20H20N6O4/c21-19(27)13-5-6-16(17(11-13)26(29)30)25-9-7-24(8-10-25)12-18-22-15-4-2-1-3-14(15)20(28)23-18/h1-6,11H,7-10,12H2,(H2,21,27)(H,22,23,28). The number of para-hydroxylation sites is 1. The van der Waals surface area contributed by atoms with Gasteiger partial charge in [-0.3, -0.25) is 24.6 Å². The second-order valence-corrected chi connectivity index (χ2v) is 7.12. The molecule has 0 spiro atoms. The number of nitrogens with two attached hydrogens (primary N) is 1. The van der Waals surface area contributed by atoms with Gasteiger partial charge in [0.25, 0.3) is 11.2 Å². The number of H-pyrrole nitrogens is 1. The van der Waals surface area contributed by atoms with Crippen molar-refractivity contribution in [2.75, 3.05) is 31.1 Å². The molecule has 1 fully saturated rings. The lowest BCUT2D eigenvalue weighted by Gasteiger charge is -2.35. The van der Waals surface area contributed by atoms with Crippen molar-refractivity contribution in [3.8, 4) is 0 Å². The highest BCUT2D eigenvalue weighted by Gasteiger charge is 2.25. The fourth-order valence-electron chi connectivity index (χ4n) is 3.66. The van der Waals surface area contributed by atoms with E-state index in [0.29, 0.717) is 55.1 Å². The third-order valence-corrected chi connectivity index (χ3v) is 5.20. The monoisotopic (exact) mass is 408 g/mol. The molecule has 2 aromatic carbocycles. The van der Waals surface area contributed by atoms with Crippen LogP contribution in [0.5, 0.6) is 0 Å². The highest BCUT2D eigenvalue weighted by Crippen LogP contribution is 2.30. The van der Waals surface area contributed by atoms with Gasteiger partial charge in [0.05, 0.1) is 22.4 Å². The molecule has 1 amide bonds. The Morgan fingerprint density at radius 2 is 1.90 bits per heavy atom. The van der Waals surface area contributed by atoms with Crippen LogP contribution < -0.4 is 16.2 Å². The zero-order valence-electron chi connectivity index (χ0n) is 16.1. The van der Waals surface area contributed by atoms with Crippen molar-refractivity contribution in [1.82, 2.24) is 14.9 Å². The summed E-state index contributed by atoms with van der Waals surface area (Å²) in [6.07, 6.45) is 0. The molecule has 0 aliphatic carbocycles. The summed E-state index contributed by atoms with van der Waals surface area (Å²) in [7, 11) is 0. The molecule has 0 saturated carbocycles. The van der Waals surface area contributed by atoms with Crippen LogP contribution >= 0.6 is 0 Å². The summed E-state index contributed by atoms with van der Waals surface area (Å²) in [6, 6.07) is 11.5. The number of anilines is 1. The molecule has 1 aliphatic heterocycles. The molecule has 10 nitrogen and oxygen atoms in total. The third-order valence-electron chi connectivity index (χ3n) is 5.20. The second kappa shape index (κ2) is 7.91. The van der Waals surface area contributed by atoms with Gasteiger partial charge in [0.1, 0.15) is 11.5 Å². The number of carbonyl (C=O) groups excluding carboxylic acids is 1. The highest BCUT2D eigenvalue weighted by atomic mass is 16.6. The first-order valence-corrected chi connectivity index (χ1v) is 9.46. The number of nitrogens with zero attached hydrogens (tertiary/aromatic N) is 4. The molecular formula is C20H20N6O4. The number of benzene rings is 2. The maximum atomic E-state index is 12.2. The van der Waals surface area contributed by atoms with Crippen LogP contribution in [0.4, 0.5) is 11.4 Å². The summed E-state index contributed by atoms with van der Waals surface area (Å²) in [6.45, 7) is 2.90. The summed E-state index contributed by atoms with van der Waals surface area (Å²) in [4.78, 5) is 45.9. The first-order chi connectivity index (χ1) is 14.4. The first-order valence-electron chi connectivity index (χ1n) is 9.46. The number of nitro groups is 1. The molecule has 0 radical (unpaired) electrons. The quantitative estimate of drug-likeness (QED) is 0.478. The van der Waals surface area contributed by atoms with Crippen LogP contribution in [0.2, 0.25) is 0 Å². The molecule has 10 heteroatoms. The van der Waals surface area contributed by atoms with Crippen molar-refractivity contribution < 1.29 is 9.72 Å². The molecule has 0 unspecified atom stereocenters. The number of fused-ring (bicyclic) bond motifs is 1. The summed E-state index contributed by atoms with van der Waals surface area (Å²) < 4.78 is 0. The van der Waals surface area contributed by atoms with Gasteiger partial charge in [-0.15, -0.1) is 0 Å². The van der Waals surface area contributed by atoms with E-state index in [1.54, 1.807) is 24.3 Å². The third kappa shape index (κ3) is 3.85. The topological polar surface area (TPSA) is 138 Å². The predicted molar refractivity (Wildman–Crippen MR) is 111 cm³/mol. The van der Waals surface area contributed by atoms with E-state index in [1.165, 1.54) is 12.1 Å². The van der Waals surface area contributed by atoms with Crippen molar-refractivity contribution >= 4 is 28.2 Å². The molecule has 0 bridgehead atoms. The number of hydrogen-bond donors (Lipinski definition) is 2. The van der Waals surface area contributed by atoms with E-state index < -0.39 is 10.8 Å². The van der Waals surface area contributed by atoms with Gasteiger partial charge in [-0.1, -0.05) is 12.1 Å². The minimum Gasteiger partial charge on any atom is -0.366 e. The highest BCUT2D eigenvalue weighted by molar-refractivity contribution is 5.94. The number of primary amides is 1. The number of rotatable bonds is 5. The van der Waals surface area contributed by atoms with Crippen LogP contribution in [0.25, 0.3) is 10.9 Å². The molecule has 4 rings (SSSR count). The van der Waals surface area contributed by atoms with Crippen LogP contribution in [0.3, 0.4) is 0 Å². The molecule has 1 aliphatic rings. The lowest BCUT2D eigenvalue weighted by atomic mass is 10.1. The van der Waals surface area contributed by atoms with E-state index >= 15 is 0 Å². The van der Waals surface area contributed by atoms with Crippen LogP contribution in [0.15, 0.2) is 47.3 Å². The number of carbonyl (C=O) groups is 1. The van der Waals surface area contributed by atoms with Gasteiger partial charge in [0.2, 0.25) is 5.91 Å². The van der Waals surface area contributed by atoms with Crippen LogP contribution in [-0.2, 0) is 6.54 Å². The number of nitro benzene ring substituents is 1. The first kappa shape index (κ1) is 19.5. The van der Waals surface area contributed by atoms with E-state index in [2.05, 4.69) is 14.9 Å². The Morgan fingerprint density at radius 1 is 1.17 bits per heavy atom. The molecule has 30 heavy (non-hydrogen) atoms. The molecule has 0 atom stereocenters. The van der Waals surface area contributed by atoms with Gasteiger partial charge in [-0.25, -0.2) is 4.98 Å². The van der Waals surface area contributed by atoms with Gasteiger partial charge >= 0.3 is 0 Å². The number of nitrogens with one attached hydrogen (secondary N) is 1. The Kier molecular flexibility index (Phi) is 5.15. The summed E-state index contributed by atoms with van der Waals surface area (Å²) in [5.74, 6) is -0.115. The lowest BCUT2D eigenvalue weighted by molar-refractivity contribution is -0.384. The van der Waals surface area contributed by atoms with Gasteiger partial charge in [-0.2, -0.15) is 0 Å². The van der Waals surface area contributed by atoms with Crippen LogP contribution in [-0.4, -0.2) is 51.9 Å². The second-order valence-electron chi connectivity index (χ2n) is 7.12. The lowest BCUT2D eigenvalue weighted by Crippen LogP contribution is -2.46. The van der Waals surface area contributed by atoms with Crippen molar-refractivity contribution in [3.05, 3.63) is 74.3 Å². The van der Waals surface area contributed by atoms with Crippen molar-refractivity contribution in [2.24, 2.45) is 5.73 Å². The SMILES string of the molecule is NC(=O)c1ccc(N2CCN(Cc3nc4ccccc4c(=O)[nH]3)CC2)c([N+](=O)[O-])c1. The number of piperazine rings is 1. The molecule has 3 N–H and O–H groups in total. The van der Waals surface area contributed by atoms with Crippen LogP contribution in [0.1, 0.15) is 16.2 Å². The zero-order valence-corrected chi connectivity index (χ0v) is 16.1. The van der Waals surface area contributed by atoms with Gasteiger partial charge in [-0.05, 0) is 24.3 Å². The predicted octanol–water partition coefficient (Wildman–Crippen LogP) is 1.25. The Balaban J connectivity index is 1.48. The Morgan fingerprint density at radius 3 is 2.60 bits per heavy atom. The molecular weight excluding hydrogens is 388 g/mol. The molecule has 1 aromatic heterocycles. The number of aromatic nitrogens is 2. The smallest absolute Gasteiger partial charge is 0.293 e. The van der Waals surface area contributed by atoms with Crippen molar-refractivity contribution in [2.45, 2.75) is 6.54 Å². The number of hydrogen-bond acceptors (Lipinski definition) is 7. The summed E-state index contributed by atoms with van der Waals surface area (Å²) in [5.41, 5.74) is 6.15. The number of amides is 1. The minimum absolute atomic E-state index is 0.107. The van der Waals surface area contributed by atoms with E-state index in [9.17, 15) is 19.7 Å². The maximum absolute atomic E-state index is 12.2. The zero-order chi connectivity index (χ0) is 21.3. The summed E-state index contributed by atoms with van der Waals surface area (Å²) >= 11 is 0. The Bertz CT molecular complexity index is 1180. The van der Waals surface area contributed by atoms with E-state index in [-0.39, 0.29) is 16.8 Å². The average molecular weight is 408 g/mol. The minimum atomic E-state index is -0.702. The molecule has 154 valence electrons. The van der Waals surface area contributed by atoms with Crippen molar-refractivity contribution in [1.29, 1.82) is 0 Å². The fourth-order valence-corrected chi connectivity index (χ4v) is 3.66. The summed E-state index contributed by atoms with van der Waals surface area (Å²) in [5, 5.41) is 12.0. The van der Waals surface area contributed by atoms with Crippen LogP contribution in [0, 0.1) is 10.1 Å². The van der Waals surface area contributed by atoms with E-state index in [4.69, 9.17) is 5.73 Å². The normalized spacial score (nSPS) is 14.7. The van der Waals surface area contributed by atoms with Gasteiger partial charge < -0.3 is 15.6 Å². The maximum Gasteiger partial charge on any atom is 0.293 e. The number of aromatic amines is 1. The molecule has 3 aromatic rings. The van der Waals surface area contributed by atoms with E-state index in [1.807, 2.05) is 11.0 Å². The largest absolute Gasteiger partial charge is 0.366 e.